The Bertz CT molecular complexity index is 1250. The van der Waals surface area contributed by atoms with E-state index in [1.807, 2.05) is 38.1 Å². The molecule has 0 saturated heterocycles. The predicted molar refractivity (Wildman–Crippen MR) is 135 cm³/mol. The number of benzene rings is 3. The molecule has 0 aliphatic heterocycles. The molecule has 0 aromatic heterocycles. The molecule has 184 valence electrons. The highest BCUT2D eigenvalue weighted by molar-refractivity contribution is 7.89. The summed E-state index contributed by atoms with van der Waals surface area (Å²) >= 11 is 0. The van der Waals surface area contributed by atoms with Crippen molar-refractivity contribution in [2.75, 3.05) is 18.5 Å². The summed E-state index contributed by atoms with van der Waals surface area (Å²) in [5.74, 6) is -0.789. The summed E-state index contributed by atoms with van der Waals surface area (Å²) in [6.45, 7) is 5.61. The number of nitrogens with one attached hydrogen (secondary N) is 1. The predicted octanol–water partition coefficient (Wildman–Crippen LogP) is 4.24. The monoisotopic (exact) mass is 494 g/mol. The number of ether oxygens (including phenoxy) is 1. The molecule has 0 saturated carbocycles. The van der Waals surface area contributed by atoms with Crippen LogP contribution < -0.4 is 5.32 Å². The van der Waals surface area contributed by atoms with E-state index in [1.54, 1.807) is 55.5 Å². The Morgan fingerprint density at radius 3 is 1.94 bits per heavy atom. The van der Waals surface area contributed by atoms with E-state index in [-0.39, 0.29) is 30.4 Å². The summed E-state index contributed by atoms with van der Waals surface area (Å²) in [4.78, 5) is 24.6. The van der Waals surface area contributed by atoms with Crippen LogP contribution in [0.25, 0.3) is 0 Å². The Balaban J connectivity index is 1.76. The number of carbonyl (C=O) groups is 2. The second-order valence-corrected chi connectivity index (χ2v) is 10.2. The molecule has 35 heavy (non-hydrogen) atoms. The van der Waals surface area contributed by atoms with Gasteiger partial charge in [0.25, 0.3) is 0 Å². The summed E-state index contributed by atoms with van der Waals surface area (Å²) in [5, 5.41) is 2.74. The van der Waals surface area contributed by atoms with Gasteiger partial charge in [-0.05, 0) is 56.2 Å². The van der Waals surface area contributed by atoms with Crippen LogP contribution in [-0.4, -0.2) is 37.8 Å². The van der Waals surface area contributed by atoms with Crippen molar-refractivity contribution in [3.8, 4) is 0 Å². The molecule has 3 rings (SSSR count). The second-order valence-electron chi connectivity index (χ2n) is 8.30. The van der Waals surface area contributed by atoms with E-state index in [1.165, 1.54) is 4.31 Å². The van der Waals surface area contributed by atoms with Crippen LogP contribution in [0, 0.1) is 13.8 Å². The van der Waals surface area contributed by atoms with E-state index in [4.69, 9.17) is 4.74 Å². The lowest BCUT2D eigenvalue weighted by molar-refractivity contribution is -0.142. The highest BCUT2D eigenvalue weighted by atomic mass is 32.2. The van der Waals surface area contributed by atoms with Crippen LogP contribution in [0.1, 0.15) is 29.2 Å². The molecule has 0 spiro atoms. The Labute approximate surface area is 206 Å². The molecular weight excluding hydrogens is 464 g/mol. The summed E-state index contributed by atoms with van der Waals surface area (Å²) in [5.41, 5.74) is 4.04. The lowest BCUT2D eigenvalue weighted by atomic mass is 10.1. The molecule has 0 fully saturated rings. The van der Waals surface area contributed by atoms with Gasteiger partial charge in [0.15, 0.2) is 0 Å². The van der Waals surface area contributed by atoms with E-state index in [0.29, 0.717) is 12.3 Å². The Morgan fingerprint density at radius 2 is 1.37 bits per heavy atom. The fraction of sp³-hybridized carbons (Fsp3) is 0.259. The number of aryl methyl sites for hydroxylation is 2. The Kier molecular flexibility index (Phi) is 8.78. The normalized spacial score (nSPS) is 11.3. The molecule has 0 heterocycles. The first kappa shape index (κ1) is 26.1. The first-order valence-electron chi connectivity index (χ1n) is 11.3. The topological polar surface area (TPSA) is 92.8 Å². The molecule has 0 bridgehead atoms. The van der Waals surface area contributed by atoms with Crippen molar-refractivity contribution in [2.24, 2.45) is 0 Å². The third kappa shape index (κ3) is 7.50. The van der Waals surface area contributed by atoms with Crippen molar-refractivity contribution in [1.29, 1.82) is 0 Å². The first-order chi connectivity index (χ1) is 16.7. The number of esters is 1. The maximum absolute atomic E-state index is 13.4. The van der Waals surface area contributed by atoms with Gasteiger partial charge in [-0.15, -0.1) is 0 Å². The molecule has 0 radical (unpaired) electrons. The fourth-order valence-electron chi connectivity index (χ4n) is 3.43. The van der Waals surface area contributed by atoms with Gasteiger partial charge in [-0.25, -0.2) is 8.42 Å². The van der Waals surface area contributed by atoms with Gasteiger partial charge in [0, 0.05) is 12.2 Å². The highest BCUT2D eigenvalue weighted by Gasteiger charge is 2.27. The van der Waals surface area contributed by atoms with Gasteiger partial charge in [-0.2, -0.15) is 4.31 Å². The quantitative estimate of drug-likeness (QED) is 0.426. The first-order valence-corrected chi connectivity index (χ1v) is 12.8. The van der Waals surface area contributed by atoms with Crippen LogP contribution in [0.5, 0.6) is 0 Å². The third-order valence-corrected chi connectivity index (χ3v) is 7.16. The summed E-state index contributed by atoms with van der Waals surface area (Å²) in [6.07, 6.45) is 0.140. The van der Waals surface area contributed by atoms with Crippen molar-refractivity contribution in [1.82, 2.24) is 4.31 Å². The molecule has 8 heteroatoms. The zero-order valence-electron chi connectivity index (χ0n) is 20.2. The number of anilines is 1. The maximum Gasteiger partial charge on any atom is 0.310 e. The van der Waals surface area contributed by atoms with Crippen LogP contribution >= 0.6 is 0 Å². The van der Waals surface area contributed by atoms with Crippen LogP contribution in [0.2, 0.25) is 0 Å². The van der Waals surface area contributed by atoms with Crippen LogP contribution in [0.15, 0.2) is 77.7 Å². The molecule has 3 aromatic carbocycles. The summed E-state index contributed by atoms with van der Waals surface area (Å²) in [7, 11) is -3.92. The summed E-state index contributed by atoms with van der Waals surface area (Å²) < 4.78 is 32.9. The number of rotatable bonds is 10. The lowest BCUT2D eigenvalue weighted by Gasteiger charge is -2.22. The molecule has 7 nitrogen and oxygen atoms in total. The Hall–Kier alpha value is -3.49. The van der Waals surface area contributed by atoms with Gasteiger partial charge < -0.3 is 10.1 Å². The number of amides is 1. The number of hydrogen-bond acceptors (Lipinski definition) is 5. The molecule has 0 unspecified atom stereocenters. The van der Waals surface area contributed by atoms with E-state index in [9.17, 15) is 18.0 Å². The van der Waals surface area contributed by atoms with E-state index < -0.39 is 15.9 Å². The maximum atomic E-state index is 13.4. The van der Waals surface area contributed by atoms with Gasteiger partial charge in [0.2, 0.25) is 15.9 Å². The zero-order chi connectivity index (χ0) is 25.4. The van der Waals surface area contributed by atoms with Crippen molar-refractivity contribution < 1.29 is 22.7 Å². The average Bonchev–Trinajstić information content (AvgIpc) is 2.82. The number of nitrogens with zero attached hydrogens (tertiary/aromatic N) is 1. The SMILES string of the molecule is CCOC(=O)Cc1ccc(NC(=O)CN(Cc2ccc(C)cc2)S(=O)(=O)c2ccc(C)cc2)cc1. The van der Waals surface area contributed by atoms with Gasteiger partial charge >= 0.3 is 5.97 Å². The standard InChI is InChI=1S/C27H30N2O5S/c1-4-34-27(31)17-22-11-13-24(14-12-22)28-26(30)19-29(18-23-9-5-20(2)6-10-23)35(32,33)25-15-7-21(3)8-16-25/h5-16H,4,17-19H2,1-3H3,(H,28,30). The van der Waals surface area contributed by atoms with Crippen LogP contribution in [-0.2, 0) is 37.3 Å². The second kappa shape index (κ2) is 11.8. The number of carbonyl (C=O) groups excluding carboxylic acids is 2. The molecular formula is C27H30N2O5S. The van der Waals surface area contributed by atoms with Gasteiger partial charge in [-0.3, -0.25) is 9.59 Å². The molecule has 0 aliphatic carbocycles. The minimum absolute atomic E-state index is 0.0579. The van der Waals surface area contributed by atoms with Crippen LogP contribution in [0.3, 0.4) is 0 Å². The fourth-order valence-corrected chi connectivity index (χ4v) is 4.81. The largest absolute Gasteiger partial charge is 0.466 e. The van der Waals surface area contributed by atoms with Crippen molar-refractivity contribution in [3.63, 3.8) is 0 Å². The highest BCUT2D eigenvalue weighted by Crippen LogP contribution is 2.20. The minimum atomic E-state index is -3.92. The molecule has 1 amide bonds. The Morgan fingerprint density at radius 1 is 0.829 bits per heavy atom. The average molecular weight is 495 g/mol. The van der Waals surface area contributed by atoms with Gasteiger partial charge in [-0.1, -0.05) is 59.7 Å². The van der Waals surface area contributed by atoms with Crippen LogP contribution in [0.4, 0.5) is 5.69 Å². The van der Waals surface area contributed by atoms with E-state index in [0.717, 1.165) is 22.3 Å². The minimum Gasteiger partial charge on any atom is -0.466 e. The van der Waals surface area contributed by atoms with E-state index in [2.05, 4.69) is 5.32 Å². The summed E-state index contributed by atoms with van der Waals surface area (Å²) in [6, 6.07) is 20.9. The third-order valence-electron chi connectivity index (χ3n) is 5.35. The number of sulfonamides is 1. The number of hydrogen-bond donors (Lipinski definition) is 1. The van der Waals surface area contributed by atoms with Crippen molar-refractivity contribution in [2.45, 2.75) is 38.6 Å². The zero-order valence-corrected chi connectivity index (χ0v) is 21.0. The van der Waals surface area contributed by atoms with Gasteiger partial charge in [0.05, 0.1) is 24.5 Å². The lowest BCUT2D eigenvalue weighted by Crippen LogP contribution is -2.37. The van der Waals surface area contributed by atoms with E-state index >= 15 is 0 Å². The molecule has 3 aromatic rings. The molecule has 1 N–H and O–H groups in total. The molecule has 0 aliphatic rings. The van der Waals surface area contributed by atoms with Crippen molar-refractivity contribution >= 4 is 27.6 Å². The van der Waals surface area contributed by atoms with Gasteiger partial charge in [0.1, 0.15) is 0 Å². The molecule has 0 atom stereocenters. The smallest absolute Gasteiger partial charge is 0.310 e. The van der Waals surface area contributed by atoms with Crippen molar-refractivity contribution in [3.05, 3.63) is 95.1 Å².